The first-order chi connectivity index (χ1) is 20.1. The van der Waals surface area contributed by atoms with E-state index in [-0.39, 0.29) is 5.82 Å². The van der Waals surface area contributed by atoms with Crippen molar-refractivity contribution in [3.63, 3.8) is 0 Å². The third-order valence-electron chi connectivity index (χ3n) is 7.07. The summed E-state index contributed by atoms with van der Waals surface area (Å²) in [6.45, 7) is 3.04. The summed E-state index contributed by atoms with van der Waals surface area (Å²) >= 11 is 0. The molecule has 206 valence electrons. The zero-order valence-corrected chi connectivity index (χ0v) is 22.7. The number of nitrogens with one attached hydrogen (secondary N) is 1. The number of pyridine rings is 1. The molecule has 10 heteroatoms. The Kier molecular flexibility index (Phi) is 7.72. The Balaban J connectivity index is 0.000000380. The summed E-state index contributed by atoms with van der Waals surface area (Å²) in [4.78, 5) is 11.5. The van der Waals surface area contributed by atoms with E-state index in [9.17, 15) is 4.39 Å². The second-order valence-electron chi connectivity index (χ2n) is 9.93. The van der Waals surface area contributed by atoms with Crippen LogP contribution in [-0.4, -0.2) is 52.3 Å². The molecule has 1 N–H and O–H groups in total. The van der Waals surface area contributed by atoms with Crippen LogP contribution in [0.5, 0.6) is 0 Å². The lowest BCUT2D eigenvalue weighted by molar-refractivity contribution is 0.325. The molecule has 0 bridgehead atoms. The van der Waals surface area contributed by atoms with Crippen LogP contribution in [0, 0.1) is 5.82 Å². The van der Waals surface area contributed by atoms with Crippen molar-refractivity contribution < 1.29 is 4.39 Å². The van der Waals surface area contributed by atoms with Gasteiger partial charge in [0, 0.05) is 50.1 Å². The smallest absolute Gasteiger partial charge is 0.228 e. The number of anilines is 2. The Hall–Kier alpha value is -4.96. The minimum Gasteiger partial charge on any atom is -0.309 e. The third-order valence-corrected chi connectivity index (χ3v) is 7.07. The molecule has 0 radical (unpaired) electrons. The predicted octanol–water partition coefficient (Wildman–Crippen LogP) is 5.48. The number of likely N-dealkylation sites (tertiary alicyclic amines) is 1. The average Bonchev–Trinajstić information content (AvgIpc) is 3.74. The first-order valence-corrected chi connectivity index (χ1v) is 13.5. The monoisotopic (exact) mass is 547 g/mol. The largest absolute Gasteiger partial charge is 0.309 e. The fraction of sp³-hybridized carbons (Fsp3) is 0.194. The highest BCUT2D eigenvalue weighted by Gasteiger charge is 2.27. The first kappa shape index (κ1) is 26.3. The lowest BCUT2D eigenvalue weighted by Crippen LogP contribution is -2.20. The lowest BCUT2D eigenvalue weighted by atomic mass is 10.1. The summed E-state index contributed by atoms with van der Waals surface area (Å²) in [5.41, 5.74) is 3.97. The van der Waals surface area contributed by atoms with Crippen molar-refractivity contribution in [1.82, 2.24) is 39.2 Å². The Morgan fingerprint density at radius 1 is 0.927 bits per heavy atom. The van der Waals surface area contributed by atoms with Crippen LogP contribution in [0.25, 0.3) is 16.9 Å². The number of aromatic nitrogens is 7. The second-order valence-corrected chi connectivity index (χ2v) is 9.93. The van der Waals surface area contributed by atoms with Crippen molar-refractivity contribution in [3.8, 4) is 11.3 Å². The van der Waals surface area contributed by atoms with Gasteiger partial charge in [0.15, 0.2) is 5.65 Å². The molecule has 1 fully saturated rings. The van der Waals surface area contributed by atoms with Gasteiger partial charge in [-0.15, -0.1) is 10.2 Å². The van der Waals surface area contributed by atoms with Crippen molar-refractivity contribution in [1.29, 1.82) is 0 Å². The topological polar surface area (TPSA) is 89.1 Å². The first-order valence-electron chi connectivity index (χ1n) is 13.5. The van der Waals surface area contributed by atoms with Gasteiger partial charge >= 0.3 is 0 Å². The Labute approximate surface area is 237 Å². The lowest BCUT2D eigenvalue weighted by Gasteiger charge is -2.15. The highest BCUT2D eigenvalue weighted by Crippen LogP contribution is 2.28. The molecule has 0 aliphatic carbocycles. The van der Waals surface area contributed by atoms with Crippen LogP contribution >= 0.6 is 0 Å². The standard InChI is InChI=1S/C25H25N9.C6H5F/c1-32-22(8-12-27-32)29-25-26-11-7-21(28-25)19-10-14-34-23(15-19)30-31-24(34)20-9-13-33(17-20)16-18-5-3-2-4-6-18;7-6-4-2-1-3-5-6/h2-8,10-12,14-15,20H,9,13,16-17H2,1H3,(H,26,28,29);1-5H. The molecule has 0 saturated carbocycles. The van der Waals surface area contributed by atoms with Crippen LogP contribution in [0.1, 0.15) is 23.7 Å². The number of nitrogens with zero attached hydrogens (tertiary/aromatic N) is 8. The number of halogens is 1. The Morgan fingerprint density at radius 2 is 1.73 bits per heavy atom. The molecule has 1 aliphatic heterocycles. The molecule has 4 aromatic heterocycles. The van der Waals surface area contributed by atoms with Crippen LogP contribution in [-0.2, 0) is 13.6 Å². The van der Waals surface area contributed by atoms with Crippen molar-refractivity contribution in [2.24, 2.45) is 7.05 Å². The van der Waals surface area contributed by atoms with Gasteiger partial charge in [0.2, 0.25) is 5.95 Å². The molecule has 7 rings (SSSR count). The van der Waals surface area contributed by atoms with Crippen LogP contribution in [0.15, 0.2) is 104 Å². The minimum atomic E-state index is -0.178. The number of aryl methyl sites for hydroxylation is 1. The van der Waals surface area contributed by atoms with Gasteiger partial charge in [-0.2, -0.15) is 5.10 Å². The quantitative estimate of drug-likeness (QED) is 0.295. The Bertz CT molecular complexity index is 1720. The van der Waals surface area contributed by atoms with Gasteiger partial charge in [-0.05, 0) is 48.9 Å². The van der Waals surface area contributed by atoms with E-state index in [0.29, 0.717) is 11.9 Å². The maximum Gasteiger partial charge on any atom is 0.228 e. The van der Waals surface area contributed by atoms with Crippen LogP contribution < -0.4 is 5.32 Å². The normalized spacial score (nSPS) is 15.0. The summed E-state index contributed by atoms with van der Waals surface area (Å²) in [6, 6.07) is 26.4. The van der Waals surface area contributed by atoms with Crippen molar-refractivity contribution in [2.45, 2.75) is 18.9 Å². The molecule has 6 aromatic rings. The molecule has 5 heterocycles. The third kappa shape index (κ3) is 6.28. The summed E-state index contributed by atoms with van der Waals surface area (Å²) in [5, 5.41) is 16.4. The zero-order chi connectivity index (χ0) is 28.0. The van der Waals surface area contributed by atoms with E-state index < -0.39 is 0 Å². The molecule has 41 heavy (non-hydrogen) atoms. The van der Waals surface area contributed by atoms with Gasteiger partial charge in [0.25, 0.3) is 0 Å². The molecule has 0 spiro atoms. The van der Waals surface area contributed by atoms with E-state index >= 15 is 0 Å². The molecular formula is C31H30FN9. The fourth-order valence-electron chi connectivity index (χ4n) is 4.98. The van der Waals surface area contributed by atoms with E-state index in [2.05, 4.69) is 82.5 Å². The van der Waals surface area contributed by atoms with E-state index in [1.54, 1.807) is 35.3 Å². The van der Waals surface area contributed by atoms with Crippen molar-refractivity contribution in [3.05, 3.63) is 121 Å². The van der Waals surface area contributed by atoms with Gasteiger partial charge < -0.3 is 5.32 Å². The van der Waals surface area contributed by atoms with Crippen LogP contribution in [0.2, 0.25) is 0 Å². The molecule has 1 saturated heterocycles. The van der Waals surface area contributed by atoms with E-state index in [4.69, 9.17) is 0 Å². The number of rotatable bonds is 6. The average molecular weight is 548 g/mol. The van der Waals surface area contributed by atoms with Gasteiger partial charge in [0.05, 0.1) is 11.9 Å². The molecular weight excluding hydrogens is 517 g/mol. The second kappa shape index (κ2) is 12.1. The molecule has 1 unspecified atom stereocenters. The van der Waals surface area contributed by atoms with Crippen molar-refractivity contribution >= 4 is 17.4 Å². The minimum absolute atomic E-state index is 0.178. The molecule has 1 atom stereocenters. The van der Waals surface area contributed by atoms with Gasteiger partial charge in [0.1, 0.15) is 17.5 Å². The van der Waals surface area contributed by atoms with Crippen LogP contribution in [0.4, 0.5) is 16.2 Å². The molecule has 2 aromatic carbocycles. The summed E-state index contributed by atoms with van der Waals surface area (Å²) in [7, 11) is 1.87. The highest BCUT2D eigenvalue weighted by molar-refractivity contribution is 5.65. The van der Waals surface area contributed by atoms with Crippen LogP contribution in [0.3, 0.4) is 0 Å². The summed E-state index contributed by atoms with van der Waals surface area (Å²) in [6.07, 6.45) is 6.62. The number of hydrogen-bond acceptors (Lipinski definition) is 7. The summed E-state index contributed by atoms with van der Waals surface area (Å²) < 4.78 is 15.8. The summed E-state index contributed by atoms with van der Waals surface area (Å²) in [5.74, 6) is 2.57. The zero-order valence-electron chi connectivity index (χ0n) is 22.7. The molecule has 0 amide bonds. The highest BCUT2D eigenvalue weighted by atomic mass is 19.1. The van der Waals surface area contributed by atoms with Gasteiger partial charge in [-0.1, -0.05) is 48.5 Å². The number of hydrogen-bond donors (Lipinski definition) is 1. The van der Waals surface area contributed by atoms with Gasteiger partial charge in [-0.25, -0.2) is 14.4 Å². The van der Waals surface area contributed by atoms with E-state index in [1.165, 1.54) is 17.7 Å². The van der Waals surface area contributed by atoms with E-state index in [0.717, 1.165) is 54.6 Å². The maximum atomic E-state index is 11.9. The number of fused-ring (bicyclic) bond motifs is 1. The maximum absolute atomic E-state index is 11.9. The number of benzene rings is 2. The van der Waals surface area contributed by atoms with E-state index in [1.807, 2.05) is 25.2 Å². The van der Waals surface area contributed by atoms with Crippen molar-refractivity contribution in [2.75, 3.05) is 18.4 Å². The molecule has 1 aliphatic rings. The molecule has 9 nitrogen and oxygen atoms in total. The Morgan fingerprint density at radius 3 is 2.46 bits per heavy atom. The van der Waals surface area contributed by atoms with Gasteiger partial charge in [-0.3, -0.25) is 14.0 Å². The predicted molar refractivity (Wildman–Crippen MR) is 156 cm³/mol. The fourth-order valence-corrected chi connectivity index (χ4v) is 4.98. The SMILES string of the molecule is Cn1nccc1Nc1nccc(-c2ccn3c(C4CCN(Cc5ccccc5)C4)nnc3c2)n1.Fc1ccccc1.